The number of carbonyl (C=O) groups is 1. The summed E-state index contributed by atoms with van der Waals surface area (Å²) in [6.07, 6.45) is 0.650. The zero-order valence-corrected chi connectivity index (χ0v) is 17.5. The molecule has 1 aliphatic rings. The van der Waals surface area contributed by atoms with E-state index in [0.29, 0.717) is 30.8 Å². The highest BCUT2D eigenvalue weighted by molar-refractivity contribution is 8.01. The molecule has 2 aromatic rings. The maximum atomic E-state index is 12.2. The minimum absolute atomic E-state index is 0.129. The van der Waals surface area contributed by atoms with Crippen LogP contribution in [0.15, 0.2) is 23.1 Å². The molecule has 1 fully saturated rings. The van der Waals surface area contributed by atoms with Gasteiger partial charge in [0.2, 0.25) is 0 Å². The van der Waals surface area contributed by atoms with Gasteiger partial charge < -0.3 is 19.5 Å². The van der Waals surface area contributed by atoms with E-state index in [-0.39, 0.29) is 17.4 Å². The number of likely N-dealkylation sites (N-methyl/N-ethyl adjacent to an activating group) is 1. The monoisotopic (exact) mass is 452 g/mol. The van der Waals surface area contributed by atoms with E-state index in [0.717, 1.165) is 13.0 Å². The quantitative estimate of drug-likeness (QED) is 0.467. The molecule has 1 atom stereocenters. The van der Waals surface area contributed by atoms with Crippen molar-refractivity contribution in [1.82, 2.24) is 4.90 Å². The van der Waals surface area contributed by atoms with E-state index in [9.17, 15) is 9.90 Å². The summed E-state index contributed by atoms with van der Waals surface area (Å²) in [5.41, 5.74) is 0.712. The lowest BCUT2D eigenvalue weighted by molar-refractivity contribution is 0.0324. The van der Waals surface area contributed by atoms with Gasteiger partial charge in [0.25, 0.3) is 0 Å². The third kappa shape index (κ3) is 4.52. The second-order valence-electron chi connectivity index (χ2n) is 5.81. The number of nitrogens with zero attached hydrogens (tertiary/aromatic N) is 1. The number of phenols is 1. The fraction of sp³-hybridized carbons (Fsp3) is 0.312. The molecule has 26 heavy (non-hydrogen) atoms. The number of thiophene rings is 1. The van der Waals surface area contributed by atoms with Crippen LogP contribution < -0.4 is 4.72 Å². The predicted molar refractivity (Wildman–Crippen MR) is 108 cm³/mol. The van der Waals surface area contributed by atoms with E-state index in [1.54, 1.807) is 6.07 Å². The Morgan fingerprint density at radius 2 is 2.15 bits per heavy atom. The molecule has 1 saturated heterocycles. The highest BCUT2D eigenvalue weighted by Crippen LogP contribution is 2.45. The number of likely N-dealkylation sites (tertiary alicyclic amines) is 1. The number of hydrogen-bond donors (Lipinski definition) is 2. The Balaban J connectivity index is 1.64. The van der Waals surface area contributed by atoms with Crippen LogP contribution in [0.25, 0.3) is 0 Å². The number of rotatable bonds is 5. The zero-order valence-electron chi connectivity index (χ0n) is 13.6. The topological polar surface area (TPSA) is 61.8 Å². The van der Waals surface area contributed by atoms with Crippen molar-refractivity contribution in [2.75, 3.05) is 24.9 Å². The first-order valence-corrected chi connectivity index (χ1v) is 10.4. The highest BCUT2D eigenvalue weighted by Gasteiger charge is 2.25. The fourth-order valence-corrected chi connectivity index (χ4v) is 5.36. The molecule has 0 saturated carbocycles. The summed E-state index contributed by atoms with van der Waals surface area (Å²) in [6.45, 7) is 1.59. The summed E-state index contributed by atoms with van der Waals surface area (Å²) in [4.78, 5) is 14.9. The second kappa shape index (κ2) is 8.46. The molecule has 1 aliphatic heterocycles. The molecule has 3 rings (SSSR count). The van der Waals surface area contributed by atoms with Gasteiger partial charge in [-0.2, -0.15) is 0 Å². The van der Waals surface area contributed by atoms with Gasteiger partial charge in [0.05, 0.1) is 9.92 Å². The van der Waals surface area contributed by atoms with Gasteiger partial charge in [-0.25, -0.2) is 4.79 Å². The van der Waals surface area contributed by atoms with Crippen LogP contribution in [0.1, 0.15) is 16.8 Å². The standard InChI is InChI=1S/C16H15Cl3N2O3S2/c1-21-5-4-9(7-21)24-16(23)10-3-2-8(6-11(10)22)20-26-13-12(17)14(18)25-15(13)19/h2-3,6,9,20,22H,4-5,7H2,1H3. The molecule has 0 spiro atoms. The van der Waals surface area contributed by atoms with Gasteiger partial charge in [-0.05, 0) is 37.5 Å². The van der Waals surface area contributed by atoms with Crippen LogP contribution >= 0.6 is 58.1 Å². The lowest BCUT2D eigenvalue weighted by Gasteiger charge is -2.13. The Bertz CT molecular complexity index is 831. The number of hydrogen-bond acceptors (Lipinski definition) is 7. The van der Waals surface area contributed by atoms with Crippen LogP contribution in [0.3, 0.4) is 0 Å². The number of anilines is 1. The third-order valence-corrected chi connectivity index (χ3v) is 7.34. The Morgan fingerprint density at radius 1 is 1.38 bits per heavy atom. The molecule has 1 aromatic heterocycles. The van der Waals surface area contributed by atoms with Gasteiger partial charge in [-0.1, -0.05) is 34.8 Å². The van der Waals surface area contributed by atoms with Crippen molar-refractivity contribution in [1.29, 1.82) is 0 Å². The minimum Gasteiger partial charge on any atom is -0.507 e. The highest BCUT2D eigenvalue weighted by atomic mass is 35.5. The number of ether oxygens (including phenoxy) is 1. The molecule has 5 nitrogen and oxygen atoms in total. The summed E-state index contributed by atoms with van der Waals surface area (Å²) in [7, 11) is 1.97. The van der Waals surface area contributed by atoms with Gasteiger partial charge in [0.1, 0.15) is 26.1 Å². The number of carbonyl (C=O) groups excluding carboxylic acids is 1. The van der Waals surface area contributed by atoms with Crippen molar-refractivity contribution in [3.05, 3.63) is 37.5 Å². The van der Waals surface area contributed by atoms with E-state index in [4.69, 9.17) is 39.5 Å². The Kier molecular flexibility index (Phi) is 6.48. The van der Waals surface area contributed by atoms with Crippen molar-refractivity contribution >= 4 is 69.7 Å². The molecule has 0 amide bonds. The molecular weight excluding hydrogens is 439 g/mol. The average Bonchev–Trinajstić information content (AvgIpc) is 3.09. The largest absolute Gasteiger partial charge is 0.507 e. The normalized spacial score (nSPS) is 17.5. The van der Waals surface area contributed by atoms with Crippen LogP contribution in [0, 0.1) is 0 Å². The lowest BCUT2D eigenvalue weighted by atomic mass is 10.2. The first kappa shape index (κ1) is 19.9. The minimum atomic E-state index is -0.530. The van der Waals surface area contributed by atoms with Crippen LogP contribution in [-0.2, 0) is 4.74 Å². The molecule has 0 aliphatic carbocycles. The number of esters is 1. The van der Waals surface area contributed by atoms with Crippen LogP contribution in [0.4, 0.5) is 5.69 Å². The SMILES string of the molecule is CN1CCC(OC(=O)c2ccc(NSc3c(Cl)sc(Cl)c3Cl)cc2O)C1. The van der Waals surface area contributed by atoms with Crippen molar-refractivity contribution < 1.29 is 14.6 Å². The number of nitrogens with one attached hydrogen (secondary N) is 1. The smallest absolute Gasteiger partial charge is 0.342 e. The Morgan fingerprint density at radius 3 is 2.73 bits per heavy atom. The van der Waals surface area contributed by atoms with Crippen molar-refractivity contribution in [2.24, 2.45) is 0 Å². The van der Waals surface area contributed by atoms with Gasteiger partial charge in [0.15, 0.2) is 0 Å². The number of aromatic hydroxyl groups is 1. The molecule has 10 heteroatoms. The van der Waals surface area contributed by atoms with E-state index in [2.05, 4.69) is 9.62 Å². The predicted octanol–water partition coefficient (Wildman–Crippen LogP) is 5.39. The van der Waals surface area contributed by atoms with E-state index in [1.807, 2.05) is 7.05 Å². The third-order valence-electron chi connectivity index (χ3n) is 3.84. The number of benzene rings is 1. The van der Waals surface area contributed by atoms with E-state index in [1.165, 1.54) is 35.4 Å². The molecule has 1 aromatic carbocycles. The lowest BCUT2D eigenvalue weighted by Crippen LogP contribution is -2.22. The molecule has 2 N–H and O–H groups in total. The van der Waals surface area contributed by atoms with Crippen molar-refractivity contribution in [3.63, 3.8) is 0 Å². The maximum absolute atomic E-state index is 12.2. The summed E-state index contributed by atoms with van der Waals surface area (Å²) >= 11 is 20.5. The van der Waals surface area contributed by atoms with Crippen LogP contribution in [0.5, 0.6) is 5.75 Å². The molecule has 0 radical (unpaired) electrons. The van der Waals surface area contributed by atoms with Crippen molar-refractivity contribution in [3.8, 4) is 5.75 Å². The van der Waals surface area contributed by atoms with Gasteiger partial charge >= 0.3 is 5.97 Å². The maximum Gasteiger partial charge on any atom is 0.342 e. The van der Waals surface area contributed by atoms with Crippen molar-refractivity contribution in [2.45, 2.75) is 17.4 Å². The summed E-state index contributed by atoms with van der Waals surface area (Å²) < 4.78 is 9.35. The molecule has 140 valence electrons. The Labute approximate surface area is 174 Å². The van der Waals surface area contributed by atoms with E-state index >= 15 is 0 Å². The first-order valence-electron chi connectivity index (χ1n) is 7.64. The molecular formula is C16H15Cl3N2O3S2. The second-order valence-corrected chi connectivity index (χ2v) is 9.23. The first-order chi connectivity index (χ1) is 12.3. The van der Waals surface area contributed by atoms with Gasteiger partial charge in [0, 0.05) is 24.8 Å². The molecule has 1 unspecified atom stereocenters. The number of phenolic OH excluding ortho intramolecular Hbond substituents is 1. The molecule has 2 heterocycles. The summed E-state index contributed by atoms with van der Waals surface area (Å²) in [5, 5.41) is 10.5. The van der Waals surface area contributed by atoms with Crippen LogP contribution in [0.2, 0.25) is 13.7 Å². The average molecular weight is 454 g/mol. The van der Waals surface area contributed by atoms with Gasteiger partial charge in [-0.15, -0.1) is 11.3 Å². The van der Waals surface area contributed by atoms with E-state index < -0.39 is 5.97 Å². The van der Waals surface area contributed by atoms with Crippen LogP contribution in [-0.4, -0.2) is 42.2 Å². The van der Waals surface area contributed by atoms with Gasteiger partial charge in [-0.3, -0.25) is 0 Å². The zero-order chi connectivity index (χ0) is 18.8. The fourth-order valence-electron chi connectivity index (χ4n) is 2.51. The summed E-state index contributed by atoms with van der Waals surface area (Å²) in [6, 6.07) is 4.63. The summed E-state index contributed by atoms with van der Waals surface area (Å²) in [5.74, 6) is -0.690. The Hall–Kier alpha value is -0.830. The number of halogens is 3. The molecule has 0 bridgehead atoms.